The van der Waals surface area contributed by atoms with Crippen molar-refractivity contribution in [2.24, 2.45) is 0 Å². The topological polar surface area (TPSA) is 75.2 Å². The van der Waals surface area contributed by atoms with Crippen LogP contribution in [0.3, 0.4) is 0 Å². The van der Waals surface area contributed by atoms with E-state index in [1.807, 2.05) is 0 Å². The van der Waals surface area contributed by atoms with Gasteiger partial charge < -0.3 is 10.2 Å². The minimum absolute atomic E-state index is 0.0197. The number of hydrogen-bond acceptors (Lipinski definition) is 5. The predicted molar refractivity (Wildman–Crippen MR) is 113 cm³/mol. The van der Waals surface area contributed by atoms with E-state index in [2.05, 4.69) is 15.5 Å². The molecule has 3 aromatic rings. The number of anilines is 1. The maximum atomic E-state index is 13.7. The Labute approximate surface area is 186 Å². The first-order chi connectivity index (χ1) is 15.4. The van der Waals surface area contributed by atoms with Gasteiger partial charge in [-0.2, -0.15) is 0 Å². The molecule has 1 saturated heterocycles. The van der Waals surface area contributed by atoms with Crippen LogP contribution in [-0.4, -0.2) is 40.0 Å². The lowest BCUT2D eigenvalue weighted by molar-refractivity contribution is -0.131. The molecule has 1 N–H and O–H groups in total. The van der Waals surface area contributed by atoms with E-state index < -0.39 is 17.5 Å². The average molecular weight is 460 g/mol. The van der Waals surface area contributed by atoms with E-state index in [0.717, 1.165) is 29.0 Å². The van der Waals surface area contributed by atoms with Crippen LogP contribution in [0.25, 0.3) is 0 Å². The zero-order chi connectivity index (χ0) is 22.7. The Hall–Kier alpha value is -3.27. The van der Waals surface area contributed by atoms with Crippen LogP contribution in [0, 0.1) is 17.5 Å². The van der Waals surface area contributed by atoms with Crippen LogP contribution in [0.2, 0.25) is 0 Å². The Morgan fingerprint density at radius 2 is 1.69 bits per heavy atom. The third-order valence-corrected chi connectivity index (χ3v) is 6.36. The summed E-state index contributed by atoms with van der Waals surface area (Å²) in [6.07, 6.45) is 1.57. The Bertz CT molecular complexity index is 1130. The van der Waals surface area contributed by atoms with Gasteiger partial charge in [0.2, 0.25) is 10.9 Å². The molecule has 1 aliphatic rings. The Morgan fingerprint density at radius 1 is 1.00 bits per heavy atom. The van der Waals surface area contributed by atoms with Gasteiger partial charge in [0.1, 0.15) is 22.5 Å². The number of benzene rings is 2. The zero-order valence-corrected chi connectivity index (χ0v) is 17.7. The highest BCUT2D eigenvalue weighted by Crippen LogP contribution is 2.30. The van der Waals surface area contributed by atoms with E-state index in [4.69, 9.17) is 0 Å². The number of nitrogens with one attached hydrogen (secondary N) is 1. The number of amides is 2. The molecule has 0 atom stereocenters. The van der Waals surface area contributed by atoms with Gasteiger partial charge in [0.15, 0.2) is 0 Å². The number of carbonyl (C=O) groups excluding carboxylic acids is 2. The number of aromatic nitrogens is 2. The molecule has 6 nitrogen and oxygen atoms in total. The fraction of sp³-hybridized carbons (Fsp3) is 0.273. The molecule has 166 valence electrons. The zero-order valence-electron chi connectivity index (χ0n) is 16.9. The van der Waals surface area contributed by atoms with Crippen molar-refractivity contribution >= 4 is 28.8 Å². The second-order valence-corrected chi connectivity index (χ2v) is 8.49. The van der Waals surface area contributed by atoms with Crippen LogP contribution in [0.15, 0.2) is 42.5 Å². The van der Waals surface area contributed by atoms with E-state index >= 15 is 0 Å². The molecule has 0 aliphatic carbocycles. The van der Waals surface area contributed by atoms with Crippen LogP contribution in [0.4, 0.5) is 18.9 Å². The molecule has 4 rings (SSSR count). The van der Waals surface area contributed by atoms with Crippen molar-refractivity contribution < 1.29 is 22.8 Å². The molecule has 1 aliphatic heterocycles. The molecular weight excluding hydrogens is 441 g/mol. The molecule has 0 bridgehead atoms. The summed E-state index contributed by atoms with van der Waals surface area (Å²) in [4.78, 5) is 26.6. The van der Waals surface area contributed by atoms with E-state index in [1.54, 1.807) is 17.0 Å². The van der Waals surface area contributed by atoms with Gasteiger partial charge in [0.25, 0.3) is 5.91 Å². The standard InChI is InChI=1S/C22H19F3N4O2S/c23-15-3-1-13(2-4-15)11-19(30)29-9-7-14(8-10-29)21-27-28-22(32-21)20(31)26-18-6-5-16(24)12-17(18)25/h1-6,12,14H,7-11H2,(H,26,31). The predicted octanol–water partition coefficient (Wildman–Crippen LogP) is 4.16. The lowest BCUT2D eigenvalue weighted by Gasteiger charge is -2.31. The number of rotatable bonds is 5. The van der Waals surface area contributed by atoms with Crippen molar-refractivity contribution in [3.05, 3.63) is 75.5 Å². The highest BCUT2D eigenvalue weighted by Gasteiger charge is 2.27. The Kier molecular flexibility index (Phi) is 6.50. The molecule has 0 unspecified atom stereocenters. The van der Waals surface area contributed by atoms with Crippen molar-refractivity contribution in [1.29, 1.82) is 0 Å². The minimum Gasteiger partial charge on any atom is -0.342 e. The summed E-state index contributed by atoms with van der Waals surface area (Å²) in [6.45, 7) is 1.10. The van der Waals surface area contributed by atoms with Crippen molar-refractivity contribution in [3.63, 3.8) is 0 Å². The van der Waals surface area contributed by atoms with Gasteiger partial charge in [0.05, 0.1) is 12.1 Å². The summed E-state index contributed by atoms with van der Waals surface area (Å²) in [5.74, 6) is -2.52. The lowest BCUT2D eigenvalue weighted by Crippen LogP contribution is -2.38. The number of hydrogen-bond donors (Lipinski definition) is 1. The van der Waals surface area contributed by atoms with Crippen LogP contribution >= 0.6 is 11.3 Å². The first kappa shape index (κ1) is 21.9. The number of nitrogens with zero attached hydrogens (tertiary/aromatic N) is 3. The van der Waals surface area contributed by atoms with E-state index in [0.29, 0.717) is 37.0 Å². The molecule has 0 radical (unpaired) electrons. The Balaban J connectivity index is 1.32. The van der Waals surface area contributed by atoms with E-state index in [1.165, 1.54) is 12.1 Å². The van der Waals surface area contributed by atoms with Crippen molar-refractivity contribution in [3.8, 4) is 0 Å². The van der Waals surface area contributed by atoms with Crippen LogP contribution < -0.4 is 5.32 Å². The van der Waals surface area contributed by atoms with Crippen molar-refractivity contribution in [2.75, 3.05) is 18.4 Å². The van der Waals surface area contributed by atoms with Gasteiger partial charge >= 0.3 is 0 Å². The summed E-state index contributed by atoms with van der Waals surface area (Å²) < 4.78 is 39.8. The number of halogens is 3. The van der Waals surface area contributed by atoms with E-state index in [9.17, 15) is 22.8 Å². The summed E-state index contributed by atoms with van der Waals surface area (Å²) >= 11 is 1.12. The molecule has 32 heavy (non-hydrogen) atoms. The largest absolute Gasteiger partial charge is 0.342 e. The van der Waals surface area contributed by atoms with Crippen LogP contribution in [0.1, 0.15) is 39.1 Å². The number of likely N-dealkylation sites (tertiary alicyclic amines) is 1. The molecule has 2 amide bonds. The van der Waals surface area contributed by atoms with Gasteiger partial charge in [-0.15, -0.1) is 10.2 Å². The number of carbonyl (C=O) groups is 2. The lowest BCUT2D eigenvalue weighted by atomic mass is 9.97. The van der Waals surface area contributed by atoms with Crippen molar-refractivity contribution in [1.82, 2.24) is 15.1 Å². The minimum atomic E-state index is -0.874. The maximum Gasteiger partial charge on any atom is 0.286 e. The monoisotopic (exact) mass is 460 g/mol. The van der Waals surface area contributed by atoms with E-state index in [-0.39, 0.29) is 34.8 Å². The number of piperidine rings is 1. The smallest absolute Gasteiger partial charge is 0.286 e. The second kappa shape index (κ2) is 9.47. The summed E-state index contributed by atoms with van der Waals surface area (Å²) in [5, 5.41) is 11.1. The van der Waals surface area contributed by atoms with Crippen LogP contribution in [-0.2, 0) is 11.2 Å². The molecule has 1 fully saturated rings. The highest BCUT2D eigenvalue weighted by atomic mass is 32.1. The summed E-state index contributed by atoms with van der Waals surface area (Å²) in [5.41, 5.74) is 0.622. The summed E-state index contributed by atoms with van der Waals surface area (Å²) in [6, 6.07) is 8.76. The quantitative estimate of drug-likeness (QED) is 0.621. The normalized spacial score (nSPS) is 14.4. The molecule has 10 heteroatoms. The molecule has 0 spiro atoms. The maximum absolute atomic E-state index is 13.7. The molecule has 2 aromatic carbocycles. The van der Waals surface area contributed by atoms with Gasteiger partial charge in [-0.1, -0.05) is 23.5 Å². The van der Waals surface area contributed by atoms with Gasteiger partial charge in [0, 0.05) is 25.1 Å². The third kappa shape index (κ3) is 5.13. The summed E-state index contributed by atoms with van der Waals surface area (Å²) in [7, 11) is 0. The molecule has 1 aromatic heterocycles. The van der Waals surface area contributed by atoms with Gasteiger partial charge in [-0.3, -0.25) is 9.59 Å². The first-order valence-corrected chi connectivity index (χ1v) is 10.8. The SMILES string of the molecule is O=C(Nc1ccc(F)cc1F)c1nnc(C2CCN(C(=O)Cc3ccc(F)cc3)CC2)s1. The van der Waals surface area contributed by atoms with Crippen molar-refractivity contribution in [2.45, 2.75) is 25.2 Å². The van der Waals surface area contributed by atoms with Gasteiger partial charge in [-0.25, -0.2) is 13.2 Å². The molecular formula is C22H19F3N4O2S. The molecule has 0 saturated carbocycles. The average Bonchev–Trinajstić information content (AvgIpc) is 3.28. The Morgan fingerprint density at radius 3 is 2.38 bits per heavy atom. The van der Waals surface area contributed by atoms with Gasteiger partial charge in [-0.05, 0) is 42.7 Å². The third-order valence-electron chi connectivity index (χ3n) is 5.28. The fourth-order valence-corrected chi connectivity index (χ4v) is 4.43. The highest BCUT2D eigenvalue weighted by molar-refractivity contribution is 7.13. The van der Waals surface area contributed by atoms with Crippen LogP contribution in [0.5, 0.6) is 0 Å². The first-order valence-electron chi connectivity index (χ1n) is 10.0. The fourth-order valence-electron chi connectivity index (χ4n) is 3.52. The second-order valence-electron chi connectivity index (χ2n) is 7.48. The molecule has 2 heterocycles.